The van der Waals surface area contributed by atoms with Gasteiger partial charge >= 0.3 is 6.09 Å². The van der Waals surface area contributed by atoms with Crippen molar-refractivity contribution in [2.45, 2.75) is 64.1 Å². The van der Waals surface area contributed by atoms with Gasteiger partial charge in [0.05, 0.1) is 0 Å². The van der Waals surface area contributed by atoms with Crippen molar-refractivity contribution < 1.29 is 33.0 Å². The molecule has 308 valence electrons. The molecule has 3 fully saturated rings. The van der Waals surface area contributed by atoms with E-state index >= 15 is 4.39 Å². The maximum atomic E-state index is 15.3. The molecule has 1 spiro atoms. The summed E-state index contributed by atoms with van der Waals surface area (Å²) < 4.78 is 26.8. The average Bonchev–Trinajstić information content (AvgIpc) is 3.54. The van der Waals surface area contributed by atoms with E-state index in [-0.39, 0.29) is 35.6 Å². The van der Waals surface area contributed by atoms with Crippen LogP contribution in [0.2, 0.25) is 0 Å². The lowest BCUT2D eigenvalue weighted by Gasteiger charge is -2.52. The van der Waals surface area contributed by atoms with Crippen LogP contribution in [-0.4, -0.2) is 109 Å². The Bertz CT molecular complexity index is 2320. The topological polar surface area (TPSA) is 158 Å². The minimum Gasteiger partial charge on any atom is -0.474 e. The highest BCUT2D eigenvalue weighted by atomic mass is 19.1. The lowest BCUT2D eigenvalue weighted by molar-refractivity contribution is -0.125. The number of nitrogens with one attached hydrogen (secondary N) is 3. The summed E-state index contributed by atoms with van der Waals surface area (Å²) in [6.07, 6.45) is 7.67. The van der Waals surface area contributed by atoms with Crippen LogP contribution in [-0.2, 0) is 20.9 Å². The highest BCUT2D eigenvalue weighted by Crippen LogP contribution is 2.50. The van der Waals surface area contributed by atoms with Gasteiger partial charge in [-0.3, -0.25) is 14.9 Å². The zero-order chi connectivity index (χ0) is 40.8. The number of likely N-dealkylation sites (N-methyl/N-ethyl adjacent to an activating group) is 1. The highest BCUT2D eigenvalue weighted by molar-refractivity contribution is 6.01. The molecule has 9 rings (SSSR count). The second kappa shape index (κ2) is 15.7. The van der Waals surface area contributed by atoms with E-state index in [0.29, 0.717) is 65.8 Å². The molecule has 1 atom stereocenters. The van der Waals surface area contributed by atoms with Crippen molar-refractivity contribution in [2.75, 3.05) is 68.5 Å². The Labute approximate surface area is 341 Å². The lowest BCUT2D eigenvalue weighted by Crippen LogP contribution is -2.55. The smallest absolute Gasteiger partial charge is 0.413 e. The minimum atomic E-state index is -0.670. The van der Waals surface area contributed by atoms with Gasteiger partial charge < -0.3 is 39.6 Å². The largest absolute Gasteiger partial charge is 0.474 e. The van der Waals surface area contributed by atoms with Crippen LogP contribution in [0.3, 0.4) is 0 Å². The molecule has 14 nitrogen and oxygen atoms in total. The Morgan fingerprint density at radius 2 is 1.88 bits per heavy atom. The third-order valence-electron chi connectivity index (χ3n) is 13.0. The van der Waals surface area contributed by atoms with E-state index in [4.69, 9.17) is 9.47 Å². The van der Waals surface area contributed by atoms with Gasteiger partial charge in [0.15, 0.2) is 0 Å². The Hall–Kier alpha value is -5.83. The molecule has 5 aliphatic rings. The van der Waals surface area contributed by atoms with Gasteiger partial charge in [0.2, 0.25) is 11.8 Å². The van der Waals surface area contributed by atoms with Crippen LogP contribution in [0.5, 0.6) is 5.88 Å². The maximum absolute atomic E-state index is 15.3. The summed E-state index contributed by atoms with van der Waals surface area (Å²) in [5.41, 5.74) is 5.52. The van der Waals surface area contributed by atoms with E-state index in [1.165, 1.54) is 6.07 Å². The van der Waals surface area contributed by atoms with Crippen LogP contribution in [0.1, 0.15) is 60.0 Å². The van der Waals surface area contributed by atoms with E-state index in [0.717, 1.165) is 92.6 Å². The molecule has 3 N–H and O–H groups in total. The molecule has 0 radical (unpaired) electrons. The first-order valence-electron chi connectivity index (χ1n) is 20.6. The number of amides is 3. The SMILES string of the molecule is CNC(=O)C(CCC=O)N1Cc2cc(N3CC(CN4CCC5(CC4)CC(OC(=O)Nc4cc6cc(-c7cnc8c(c7C)NCCO8)c(F)cc6cn4)C5)C3)ccc2C1=O. The summed E-state index contributed by atoms with van der Waals surface area (Å²) in [7, 11) is 1.55. The molecule has 3 amide bonds. The van der Waals surface area contributed by atoms with Crippen molar-refractivity contribution >= 4 is 52.2 Å². The van der Waals surface area contributed by atoms with E-state index in [1.807, 2.05) is 19.1 Å². The van der Waals surface area contributed by atoms with E-state index < -0.39 is 12.1 Å². The molecule has 4 aromatic rings. The fraction of sp³-hybridized carbons (Fsp3) is 0.455. The van der Waals surface area contributed by atoms with Crippen molar-refractivity contribution in [3.8, 4) is 17.0 Å². The fourth-order valence-corrected chi connectivity index (χ4v) is 9.69. The highest BCUT2D eigenvalue weighted by Gasteiger charge is 2.48. The molecule has 2 saturated heterocycles. The number of rotatable bonds is 11. The standard InChI is InChI=1S/C44H49FN8O6/c1-26-35(21-49-41-39(26)47-9-13-58-41)34-15-28-17-38(48-20-29(28)16-36(34)45)50-43(57)59-32-18-44(19-32)7-10-51(11-8-44)22-27-23-52(24-27)31-5-6-33-30(14-31)25-53(42(33)56)37(4-3-12-54)40(55)46-2/h5-6,12,14-17,20-21,27,32,37,47H,3-4,7-11,13,18-19,22-25H2,1-2H3,(H,46,55)(H,48,50,57). The molecule has 4 aliphatic heterocycles. The molecule has 0 bridgehead atoms. The number of hydrogen-bond acceptors (Lipinski definition) is 11. The minimum absolute atomic E-state index is 0.138. The number of piperidine rings is 1. The third kappa shape index (κ3) is 7.52. The number of aromatic nitrogens is 2. The van der Waals surface area contributed by atoms with Gasteiger partial charge in [0, 0.05) is 92.3 Å². The van der Waals surface area contributed by atoms with Gasteiger partial charge in [-0.25, -0.2) is 19.2 Å². The zero-order valence-corrected chi connectivity index (χ0v) is 33.4. The van der Waals surface area contributed by atoms with Crippen LogP contribution in [0.25, 0.3) is 21.9 Å². The summed E-state index contributed by atoms with van der Waals surface area (Å²) in [6.45, 7) is 8.45. The number of likely N-dealkylation sites (tertiary alicyclic amines) is 1. The van der Waals surface area contributed by atoms with Gasteiger partial charge in [0.1, 0.15) is 42.4 Å². The van der Waals surface area contributed by atoms with Crippen LogP contribution in [0.4, 0.5) is 26.4 Å². The number of carbonyl (C=O) groups excluding carboxylic acids is 4. The molecule has 1 aliphatic carbocycles. The lowest BCUT2D eigenvalue weighted by atomic mass is 9.61. The average molecular weight is 805 g/mol. The molecule has 1 unspecified atom stereocenters. The Morgan fingerprint density at radius 3 is 2.66 bits per heavy atom. The summed E-state index contributed by atoms with van der Waals surface area (Å²) >= 11 is 0. The predicted octanol–water partition coefficient (Wildman–Crippen LogP) is 5.53. The number of carbonyl (C=O) groups is 4. The normalized spacial score (nSPS) is 19.2. The van der Waals surface area contributed by atoms with Crippen LogP contribution >= 0.6 is 0 Å². The number of ether oxygens (including phenoxy) is 2. The quantitative estimate of drug-likeness (QED) is 0.164. The van der Waals surface area contributed by atoms with Gasteiger partial charge in [-0.2, -0.15) is 0 Å². The fourth-order valence-electron chi connectivity index (χ4n) is 9.69. The first-order valence-corrected chi connectivity index (χ1v) is 20.6. The molecule has 59 heavy (non-hydrogen) atoms. The van der Waals surface area contributed by atoms with E-state index in [2.05, 4.69) is 41.8 Å². The van der Waals surface area contributed by atoms with Gasteiger partial charge in [0.25, 0.3) is 5.91 Å². The van der Waals surface area contributed by atoms with Crippen LogP contribution < -0.4 is 25.6 Å². The van der Waals surface area contributed by atoms with Crippen molar-refractivity contribution in [2.24, 2.45) is 11.3 Å². The van der Waals surface area contributed by atoms with Crippen LogP contribution in [0.15, 0.2) is 48.8 Å². The van der Waals surface area contributed by atoms with E-state index in [9.17, 15) is 19.2 Å². The molecule has 2 aromatic heterocycles. The number of halogens is 1. The second-order valence-corrected chi connectivity index (χ2v) is 16.8. The first-order chi connectivity index (χ1) is 28.6. The molecule has 1 saturated carbocycles. The Balaban J connectivity index is 0.726. The van der Waals surface area contributed by atoms with Gasteiger partial charge in [-0.1, -0.05) is 0 Å². The third-order valence-corrected chi connectivity index (χ3v) is 13.0. The van der Waals surface area contributed by atoms with Crippen molar-refractivity contribution in [3.05, 3.63) is 71.3 Å². The number of nitrogens with zero attached hydrogens (tertiary/aromatic N) is 5. The van der Waals surface area contributed by atoms with Gasteiger partial charge in [-0.05, 0) is 110 Å². The summed E-state index contributed by atoms with van der Waals surface area (Å²) in [5.74, 6) is 0.602. The number of aldehydes is 1. The molecular weight excluding hydrogens is 756 g/mol. The van der Waals surface area contributed by atoms with Crippen LogP contribution in [0, 0.1) is 24.1 Å². The number of hydrogen-bond donors (Lipinski definition) is 3. The molecule has 6 heterocycles. The zero-order valence-electron chi connectivity index (χ0n) is 33.4. The monoisotopic (exact) mass is 804 g/mol. The second-order valence-electron chi connectivity index (χ2n) is 16.8. The molecular formula is C44H49FN8O6. The summed E-state index contributed by atoms with van der Waals surface area (Å²) in [6, 6.07) is 10.2. The maximum Gasteiger partial charge on any atom is 0.413 e. The van der Waals surface area contributed by atoms with Crippen molar-refractivity contribution in [3.63, 3.8) is 0 Å². The number of benzene rings is 2. The molecule has 15 heteroatoms. The van der Waals surface area contributed by atoms with E-state index in [1.54, 1.807) is 36.5 Å². The summed E-state index contributed by atoms with van der Waals surface area (Å²) in [5, 5.41) is 10.1. The summed E-state index contributed by atoms with van der Waals surface area (Å²) in [4.78, 5) is 64.9. The van der Waals surface area contributed by atoms with Crippen molar-refractivity contribution in [1.82, 2.24) is 25.1 Å². The predicted molar refractivity (Wildman–Crippen MR) is 220 cm³/mol. The Kier molecular flexibility index (Phi) is 10.3. The Morgan fingerprint density at radius 1 is 1.07 bits per heavy atom. The van der Waals surface area contributed by atoms with Crippen molar-refractivity contribution in [1.29, 1.82) is 0 Å². The van der Waals surface area contributed by atoms with Gasteiger partial charge in [-0.15, -0.1) is 0 Å². The number of anilines is 3. The molecule has 2 aromatic carbocycles. The number of pyridine rings is 2. The number of fused-ring (bicyclic) bond motifs is 3. The first kappa shape index (κ1) is 38.7.